The molecule has 0 saturated heterocycles. The Balaban J connectivity index is 1.34. The lowest BCUT2D eigenvalue weighted by Gasteiger charge is -2.43. The van der Waals surface area contributed by atoms with Crippen LogP contribution in [0.25, 0.3) is 65.8 Å². The average Bonchev–Trinajstić information content (AvgIpc) is 3.19. The van der Waals surface area contributed by atoms with E-state index >= 15 is 0 Å². The Morgan fingerprint density at radius 3 is 1.73 bits per heavy atom. The van der Waals surface area contributed by atoms with Crippen molar-refractivity contribution in [1.82, 2.24) is 4.98 Å². The Labute approximate surface area is 285 Å². The number of hydrogen-bond acceptors (Lipinski definition) is 1. The zero-order chi connectivity index (χ0) is 32.4. The Bertz CT molecular complexity index is 2650. The number of pyridine rings is 1. The van der Waals surface area contributed by atoms with E-state index in [1.54, 1.807) is 0 Å². The highest BCUT2D eigenvalue weighted by Gasteiger charge is 2.45. The van der Waals surface area contributed by atoms with Crippen LogP contribution in [0.5, 0.6) is 0 Å². The summed E-state index contributed by atoms with van der Waals surface area (Å²) in [6, 6.07) is 67.0. The lowest BCUT2D eigenvalue weighted by Crippen LogP contribution is -2.34. The van der Waals surface area contributed by atoms with Gasteiger partial charge in [0, 0.05) is 11.8 Å². The SMILES string of the molecule is c1ccc(C2(c3ccccc3)c3ccccc3-c3cccc4c(-c5ccc6cc(-c7ccccn7)ccc6c5)c5ccccc5c2c34)cc1. The van der Waals surface area contributed by atoms with Gasteiger partial charge in [0.05, 0.1) is 11.1 Å². The van der Waals surface area contributed by atoms with E-state index < -0.39 is 5.41 Å². The zero-order valence-corrected chi connectivity index (χ0v) is 26.8. The molecule has 49 heavy (non-hydrogen) atoms. The molecule has 0 saturated carbocycles. The van der Waals surface area contributed by atoms with Gasteiger partial charge in [-0.2, -0.15) is 0 Å². The van der Waals surface area contributed by atoms with Crippen molar-refractivity contribution >= 4 is 32.3 Å². The summed E-state index contributed by atoms with van der Waals surface area (Å²) in [5, 5.41) is 7.58. The maximum Gasteiger partial charge on any atom is 0.0719 e. The van der Waals surface area contributed by atoms with Crippen molar-refractivity contribution in [3.8, 4) is 33.5 Å². The summed E-state index contributed by atoms with van der Waals surface area (Å²) in [6.07, 6.45) is 1.86. The monoisotopic (exact) mass is 621 g/mol. The largest absolute Gasteiger partial charge is 0.256 e. The summed E-state index contributed by atoms with van der Waals surface area (Å²) in [6.45, 7) is 0. The molecule has 0 bridgehead atoms. The molecule has 0 unspecified atom stereocenters. The van der Waals surface area contributed by atoms with Crippen LogP contribution in [0, 0.1) is 0 Å². The second kappa shape index (κ2) is 10.9. The number of benzene rings is 8. The van der Waals surface area contributed by atoms with E-state index in [0.717, 1.165) is 11.3 Å². The first kappa shape index (κ1) is 27.8. The smallest absolute Gasteiger partial charge is 0.0719 e. The first-order valence-electron chi connectivity index (χ1n) is 17.0. The van der Waals surface area contributed by atoms with Crippen LogP contribution in [0.3, 0.4) is 0 Å². The molecule has 1 aliphatic carbocycles. The first-order valence-corrected chi connectivity index (χ1v) is 17.0. The highest BCUT2D eigenvalue weighted by molar-refractivity contribution is 6.21. The standard InChI is InChI=1S/C48H31N/c1-3-14-36(15-4-1)48(37-16-5-2-6-17-37)43-23-10-9-18-38(43)39-21-13-22-42-45(40-19-7-8-20-41(40)47(48)46(39)42)35-28-26-32-30-34(27-25-33(32)31-35)44-24-11-12-29-49-44/h1-31H. The topological polar surface area (TPSA) is 12.9 Å². The van der Waals surface area contributed by atoms with Crippen molar-refractivity contribution in [1.29, 1.82) is 0 Å². The van der Waals surface area contributed by atoms with E-state index in [9.17, 15) is 0 Å². The quantitative estimate of drug-likeness (QED) is 0.178. The van der Waals surface area contributed by atoms with Crippen LogP contribution in [0.1, 0.15) is 22.3 Å². The highest BCUT2D eigenvalue weighted by Crippen LogP contribution is 2.58. The van der Waals surface area contributed by atoms with Gasteiger partial charge in [-0.15, -0.1) is 0 Å². The zero-order valence-electron chi connectivity index (χ0n) is 26.8. The van der Waals surface area contributed by atoms with Gasteiger partial charge in [-0.05, 0) is 101 Å². The molecular formula is C48H31N. The fourth-order valence-electron chi connectivity index (χ4n) is 8.57. The predicted octanol–water partition coefficient (Wildman–Crippen LogP) is 12.2. The van der Waals surface area contributed by atoms with Crippen molar-refractivity contribution in [3.05, 3.63) is 210 Å². The molecule has 0 radical (unpaired) electrons. The number of aromatic nitrogens is 1. The van der Waals surface area contributed by atoms with Gasteiger partial charge in [0.1, 0.15) is 0 Å². The summed E-state index contributed by atoms with van der Waals surface area (Å²) < 4.78 is 0. The van der Waals surface area contributed by atoms with Crippen LogP contribution in [0.15, 0.2) is 188 Å². The molecule has 10 rings (SSSR count). The van der Waals surface area contributed by atoms with Crippen LogP contribution in [0.4, 0.5) is 0 Å². The molecule has 0 atom stereocenters. The summed E-state index contributed by atoms with van der Waals surface area (Å²) in [4.78, 5) is 4.59. The maximum absolute atomic E-state index is 4.59. The van der Waals surface area contributed by atoms with Gasteiger partial charge in [-0.25, -0.2) is 0 Å². The molecule has 0 aliphatic heterocycles. The maximum atomic E-state index is 4.59. The Morgan fingerprint density at radius 1 is 0.408 bits per heavy atom. The second-order valence-electron chi connectivity index (χ2n) is 13.0. The van der Waals surface area contributed by atoms with E-state index in [4.69, 9.17) is 0 Å². The van der Waals surface area contributed by atoms with Crippen molar-refractivity contribution in [2.45, 2.75) is 5.41 Å². The molecule has 1 heteroatoms. The number of rotatable bonds is 4. The minimum absolute atomic E-state index is 0.519. The van der Waals surface area contributed by atoms with Gasteiger partial charge < -0.3 is 0 Å². The highest BCUT2D eigenvalue weighted by atomic mass is 14.7. The second-order valence-corrected chi connectivity index (χ2v) is 13.0. The van der Waals surface area contributed by atoms with Crippen LogP contribution < -0.4 is 0 Å². The first-order chi connectivity index (χ1) is 24.3. The predicted molar refractivity (Wildman–Crippen MR) is 205 cm³/mol. The normalized spacial score (nSPS) is 13.1. The van der Waals surface area contributed by atoms with Crippen molar-refractivity contribution in [3.63, 3.8) is 0 Å². The molecule has 0 N–H and O–H groups in total. The van der Waals surface area contributed by atoms with Crippen LogP contribution >= 0.6 is 0 Å². The van der Waals surface area contributed by atoms with Crippen molar-refractivity contribution in [2.24, 2.45) is 0 Å². The molecule has 8 aromatic carbocycles. The van der Waals surface area contributed by atoms with E-state index in [-0.39, 0.29) is 0 Å². The van der Waals surface area contributed by atoms with Gasteiger partial charge in [0.15, 0.2) is 0 Å². The van der Waals surface area contributed by atoms with E-state index in [2.05, 4.69) is 175 Å². The van der Waals surface area contributed by atoms with Crippen LogP contribution in [-0.4, -0.2) is 4.98 Å². The third-order valence-corrected chi connectivity index (χ3v) is 10.5. The molecule has 1 aliphatic rings. The van der Waals surface area contributed by atoms with Gasteiger partial charge >= 0.3 is 0 Å². The molecule has 9 aromatic rings. The minimum Gasteiger partial charge on any atom is -0.256 e. The fraction of sp³-hybridized carbons (Fsp3) is 0.0208. The van der Waals surface area contributed by atoms with Gasteiger partial charge in [0.25, 0.3) is 0 Å². The molecule has 1 heterocycles. The molecule has 1 nitrogen and oxygen atoms in total. The van der Waals surface area contributed by atoms with Crippen LogP contribution in [-0.2, 0) is 5.41 Å². The number of nitrogens with zero attached hydrogens (tertiary/aromatic N) is 1. The number of hydrogen-bond donors (Lipinski definition) is 0. The Kier molecular flexibility index (Phi) is 6.16. The summed E-state index contributed by atoms with van der Waals surface area (Å²) in [7, 11) is 0. The molecule has 228 valence electrons. The fourth-order valence-corrected chi connectivity index (χ4v) is 8.57. The van der Waals surface area contributed by atoms with Crippen molar-refractivity contribution in [2.75, 3.05) is 0 Å². The molecule has 0 spiro atoms. The summed E-state index contributed by atoms with van der Waals surface area (Å²) in [5.41, 5.74) is 11.9. The van der Waals surface area contributed by atoms with Gasteiger partial charge in [-0.1, -0.05) is 158 Å². The minimum atomic E-state index is -0.519. The average molecular weight is 622 g/mol. The lowest BCUT2D eigenvalue weighted by molar-refractivity contribution is 0.757. The van der Waals surface area contributed by atoms with Crippen molar-refractivity contribution < 1.29 is 0 Å². The van der Waals surface area contributed by atoms with Gasteiger partial charge in [-0.3, -0.25) is 4.98 Å². The lowest BCUT2D eigenvalue weighted by atomic mass is 9.58. The van der Waals surface area contributed by atoms with E-state index in [1.165, 1.54) is 76.8 Å². The molecule has 0 fully saturated rings. The number of fused-ring (bicyclic) bond motifs is 5. The summed E-state index contributed by atoms with van der Waals surface area (Å²) >= 11 is 0. The van der Waals surface area contributed by atoms with E-state index in [1.807, 2.05) is 18.3 Å². The molecule has 1 aromatic heterocycles. The summed E-state index contributed by atoms with van der Waals surface area (Å²) in [5.74, 6) is 0. The Morgan fingerprint density at radius 2 is 1.00 bits per heavy atom. The van der Waals surface area contributed by atoms with Gasteiger partial charge in [0.2, 0.25) is 0 Å². The van der Waals surface area contributed by atoms with Crippen LogP contribution in [0.2, 0.25) is 0 Å². The third kappa shape index (κ3) is 4.03. The Hall–Kier alpha value is -6.31. The third-order valence-electron chi connectivity index (χ3n) is 10.5. The van der Waals surface area contributed by atoms with E-state index in [0.29, 0.717) is 0 Å². The molecule has 0 amide bonds. The molecular weight excluding hydrogens is 591 g/mol.